The van der Waals surface area contributed by atoms with E-state index in [0.29, 0.717) is 19.1 Å². The van der Waals surface area contributed by atoms with Gasteiger partial charge >= 0.3 is 0 Å². The van der Waals surface area contributed by atoms with E-state index in [-0.39, 0.29) is 0 Å². The van der Waals surface area contributed by atoms with Gasteiger partial charge in [0.1, 0.15) is 6.29 Å². The predicted molar refractivity (Wildman–Crippen MR) is 55.7 cm³/mol. The van der Waals surface area contributed by atoms with Crippen LogP contribution in [0.1, 0.15) is 40.5 Å². The molecule has 0 aliphatic heterocycles. The van der Waals surface area contributed by atoms with Gasteiger partial charge in [-0.05, 0) is 19.3 Å². The number of aliphatic hydroxyl groups is 2. The van der Waals surface area contributed by atoms with Crippen molar-refractivity contribution in [3.05, 3.63) is 0 Å². The molecule has 0 bridgehead atoms. The number of aldehydes is 1. The van der Waals surface area contributed by atoms with Crippen LogP contribution in [0.3, 0.4) is 0 Å². The Labute approximate surface area is 81.8 Å². The lowest BCUT2D eigenvalue weighted by molar-refractivity contribution is -0.106. The van der Waals surface area contributed by atoms with Crippen LogP contribution in [0.2, 0.25) is 0 Å². The van der Waals surface area contributed by atoms with Crippen LogP contribution in [-0.2, 0) is 4.79 Å². The number of hydrogen-bond donors (Lipinski definition) is 2. The van der Waals surface area contributed by atoms with Crippen molar-refractivity contribution in [2.45, 2.75) is 40.5 Å². The molecule has 0 fully saturated rings. The van der Waals surface area contributed by atoms with Crippen LogP contribution in [0.4, 0.5) is 0 Å². The van der Waals surface area contributed by atoms with Gasteiger partial charge in [0.25, 0.3) is 0 Å². The van der Waals surface area contributed by atoms with Gasteiger partial charge in [-0.2, -0.15) is 0 Å². The van der Waals surface area contributed by atoms with E-state index in [1.54, 1.807) is 0 Å². The summed E-state index contributed by atoms with van der Waals surface area (Å²) in [5.74, 6) is 0.440. The van der Waals surface area contributed by atoms with E-state index in [1.807, 2.05) is 13.8 Å². The fraction of sp³-hybridized carbons (Fsp3) is 0.900. The van der Waals surface area contributed by atoms with Crippen LogP contribution >= 0.6 is 0 Å². The topological polar surface area (TPSA) is 57.5 Å². The Bertz CT molecular complexity index is 70.6. The highest BCUT2D eigenvalue weighted by molar-refractivity contribution is 5.44. The van der Waals surface area contributed by atoms with Crippen molar-refractivity contribution in [2.24, 2.45) is 5.92 Å². The van der Waals surface area contributed by atoms with Gasteiger partial charge < -0.3 is 15.0 Å². The van der Waals surface area contributed by atoms with E-state index >= 15 is 0 Å². The lowest BCUT2D eigenvalue weighted by Gasteiger charge is -1.90. The molecular formula is C10H24O3. The molecule has 0 aliphatic rings. The highest BCUT2D eigenvalue weighted by Crippen LogP contribution is 1.83. The SMILES string of the molecule is CC(C)CO.CC=O.CCCCO. The first kappa shape index (κ1) is 18.4. The molecule has 0 aromatic rings. The molecule has 0 unspecified atom stereocenters. The van der Waals surface area contributed by atoms with Crippen LogP contribution in [0, 0.1) is 5.92 Å². The summed E-state index contributed by atoms with van der Waals surface area (Å²) in [6.07, 6.45) is 2.79. The standard InChI is InChI=1S/2C4H10O.C2H4O/c1-4(2)3-5;1-2-3-4-5;1-2-3/h4-5H,3H2,1-2H3;5H,2-4H2,1H3;2H,1H3. The summed E-state index contributed by atoms with van der Waals surface area (Å²) in [6.45, 7) is 8.09. The van der Waals surface area contributed by atoms with E-state index in [0.717, 1.165) is 19.1 Å². The van der Waals surface area contributed by atoms with Crippen LogP contribution in [0.15, 0.2) is 0 Å². The Kier molecular flexibility index (Phi) is 31.9. The van der Waals surface area contributed by atoms with Gasteiger partial charge in [-0.1, -0.05) is 27.2 Å². The van der Waals surface area contributed by atoms with Crippen LogP contribution in [0.25, 0.3) is 0 Å². The summed E-state index contributed by atoms with van der Waals surface area (Å²) in [6, 6.07) is 0. The van der Waals surface area contributed by atoms with Gasteiger partial charge in [0, 0.05) is 13.2 Å². The second kappa shape index (κ2) is 22.6. The second-order valence-electron chi connectivity index (χ2n) is 2.89. The number of carbonyl (C=O) groups is 1. The lowest BCUT2D eigenvalue weighted by atomic mass is 10.2. The maximum atomic E-state index is 8.81. The Morgan fingerprint density at radius 2 is 1.62 bits per heavy atom. The maximum absolute atomic E-state index is 8.81. The van der Waals surface area contributed by atoms with Gasteiger partial charge in [0.05, 0.1) is 0 Å². The number of unbranched alkanes of at least 4 members (excludes halogenated alkanes) is 1. The van der Waals surface area contributed by atoms with Gasteiger partial charge in [-0.3, -0.25) is 0 Å². The number of rotatable bonds is 3. The first-order chi connectivity index (χ1) is 6.10. The molecule has 2 N–H and O–H groups in total. The summed E-state index contributed by atoms with van der Waals surface area (Å²) in [4.78, 5) is 8.81. The minimum absolute atomic E-state index is 0.306. The Morgan fingerprint density at radius 1 is 1.31 bits per heavy atom. The van der Waals surface area contributed by atoms with Gasteiger partial charge in [0.15, 0.2) is 0 Å². The molecule has 0 aromatic heterocycles. The molecule has 0 spiro atoms. The fourth-order valence-electron chi connectivity index (χ4n) is 0.158. The van der Waals surface area contributed by atoms with Crippen molar-refractivity contribution in [3.63, 3.8) is 0 Å². The van der Waals surface area contributed by atoms with E-state index in [1.165, 1.54) is 6.92 Å². The van der Waals surface area contributed by atoms with Gasteiger partial charge in [-0.25, -0.2) is 0 Å². The van der Waals surface area contributed by atoms with Crippen LogP contribution < -0.4 is 0 Å². The zero-order valence-electron chi connectivity index (χ0n) is 9.29. The van der Waals surface area contributed by atoms with Crippen molar-refractivity contribution in [1.29, 1.82) is 0 Å². The maximum Gasteiger partial charge on any atom is 0.116 e. The Balaban J connectivity index is -0.000000120. The molecule has 3 heteroatoms. The zero-order valence-corrected chi connectivity index (χ0v) is 9.29. The molecule has 3 nitrogen and oxygen atoms in total. The molecule has 0 aliphatic carbocycles. The van der Waals surface area contributed by atoms with Crippen molar-refractivity contribution < 1.29 is 15.0 Å². The number of aliphatic hydroxyl groups excluding tert-OH is 2. The number of carbonyl (C=O) groups excluding carboxylic acids is 1. The zero-order chi connectivity index (χ0) is 11.1. The van der Waals surface area contributed by atoms with E-state index in [4.69, 9.17) is 15.0 Å². The van der Waals surface area contributed by atoms with Crippen LogP contribution in [-0.4, -0.2) is 29.7 Å². The minimum Gasteiger partial charge on any atom is -0.396 e. The monoisotopic (exact) mass is 192 g/mol. The minimum atomic E-state index is 0.306. The third kappa shape index (κ3) is 82.7. The second-order valence-corrected chi connectivity index (χ2v) is 2.89. The Hall–Kier alpha value is -0.410. The van der Waals surface area contributed by atoms with Crippen molar-refractivity contribution in [2.75, 3.05) is 13.2 Å². The normalized spacial score (nSPS) is 7.92. The van der Waals surface area contributed by atoms with Crippen molar-refractivity contribution >= 4 is 6.29 Å². The molecule has 0 radical (unpaired) electrons. The highest BCUT2D eigenvalue weighted by Gasteiger charge is 1.81. The first-order valence-electron chi connectivity index (χ1n) is 4.72. The quantitative estimate of drug-likeness (QED) is 0.668. The van der Waals surface area contributed by atoms with Gasteiger partial charge in [0.2, 0.25) is 0 Å². The van der Waals surface area contributed by atoms with E-state index in [9.17, 15) is 0 Å². The van der Waals surface area contributed by atoms with Crippen molar-refractivity contribution in [1.82, 2.24) is 0 Å². The van der Waals surface area contributed by atoms with Crippen LogP contribution in [0.5, 0.6) is 0 Å². The fourth-order valence-corrected chi connectivity index (χ4v) is 0.158. The molecule has 0 saturated carbocycles. The predicted octanol–water partition coefficient (Wildman–Crippen LogP) is 1.62. The smallest absolute Gasteiger partial charge is 0.116 e. The van der Waals surface area contributed by atoms with Crippen molar-refractivity contribution in [3.8, 4) is 0 Å². The summed E-state index contributed by atoms with van der Waals surface area (Å²) in [5.41, 5.74) is 0. The molecule has 0 heterocycles. The summed E-state index contributed by atoms with van der Waals surface area (Å²) in [5, 5.41) is 16.2. The molecule has 82 valence electrons. The highest BCUT2D eigenvalue weighted by atomic mass is 16.3. The third-order valence-electron chi connectivity index (χ3n) is 0.877. The summed E-state index contributed by atoms with van der Waals surface area (Å²) in [7, 11) is 0. The largest absolute Gasteiger partial charge is 0.396 e. The molecular weight excluding hydrogens is 168 g/mol. The summed E-state index contributed by atoms with van der Waals surface area (Å²) < 4.78 is 0. The first-order valence-corrected chi connectivity index (χ1v) is 4.72. The lowest BCUT2D eigenvalue weighted by Crippen LogP contribution is -1.90. The molecule has 0 atom stereocenters. The molecule has 13 heavy (non-hydrogen) atoms. The average Bonchev–Trinajstić information content (AvgIpc) is 2.08. The number of hydrogen-bond acceptors (Lipinski definition) is 3. The molecule has 0 amide bonds. The molecule has 0 saturated heterocycles. The van der Waals surface area contributed by atoms with E-state index in [2.05, 4.69) is 6.92 Å². The van der Waals surface area contributed by atoms with E-state index < -0.39 is 0 Å². The Morgan fingerprint density at radius 3 is 1.62 bits per heavy atom. The average molecular weight is 192 g/mol. The summed E-state index contributed by atoms with van der Waals surface area (Å²) >= 11 is 0. The molecule has 0 aromatic carbocycles. The van der Waals surface area contributed by atoms with Gasteiger partial charge in [-0.15, -0.1) is 0 Å². The molecule has 0 rings (SSSR count). The third-order valence-corrected chi connectivity index (χ3v) is 0.877.